The molecule has 3 aromatic rings. The number of phenols is 1. The van der Waals surface area contributed by atoms with E-state index in [2.05, 4.69) is 16.5 Å². The zero-order chi connectivity index (χ0) is 20.2. The number of benzene rings is 2. The maximum absolute atomic E-state index is 12.8. The van der Waals surface area contributed by atoms with Crippen LogP contribution in [0.1, 0.15) is 30.5 Å². The van der Waals surface area contributed by atoms with E-state index in [1.54, 1.807) is 18.3 Å². The molecule has 0 saturated carbocycles. The van der Waals surface area contributed by atoms with Gasteiger partial charge in [-0.2, -0.15) is 5.10 Å². The summed E-state index contributed by atoms with van der Waals surface area (Å²) in [6.45, 7) is 3.21. The van der Waals surface area contributed by atoms with Crippen LogP contribution in [0.4, 0.5) is 4.79 Å². The van der Waals surface area contributed by atoms with Crippen molar-refractivity contribution in [1.82, 2.24) is 20.0 Å². The average Bonchev–Trinajstić information content (AvgIpc) is 3.29. The maximum atomic E-state index is 12.8. The van der Waals surface area contributed by atoms with Gasteiger partial charge in [0.15, 0.2) is 0 Å². The predicted octanol–water partition coefficient (Wildman–Crippen LogP) is 4.14. The molecule has 1 atom stereocenters. The number of hydrogen-bond donors (Lipinski definition) is 2. The van der Waals surface area contributed by atoms with E-state index in [4.69, 9.17) is 0 Å². The van der Waals surface area contributed by atoms with Gasteiger partial charge in [0.1, 0.15) is 5.75 Å². The number of hydrogen-bond acceptors (Lipinski definition) is 3. The van der Waals surface area contributed by atoms with Gasteiger partial charge < -0.3 is 15.3 Å². The second kappa shape index (κ2) is 8.22. The van der Waals surface area contributed by atoms with Crippen molar-refractivity contribution >= 4 is 11.6 Å². The first-order valence-corrected chi connectivity index (χ1v) is 9.74. The van der Waals surface area contributed by atoms with Gasteiger partial charge in [-0.1, -0.05) is 36.4 Å². The lowest BCUT2D eigenvalue weighted by atomic mass is 9.99. The summed E-state index contributed by atoms with van der Waals surface area (Å²) in [6, 6.07) is 16.8. The van der Waals surface area contributed by atoms with Crippen molar-refractivity contribution in [1.29, 1.82) is 0 Å². The molecule has 1 unspecified atom stereocenters. The fourth-order valence-corrected chi connectivity index (χ4v) is 3.62. The molecule has 1 aliphatic rings. The van der Waals surface area contributed by atoms with E-state index in [1.165, 1.54) is 5.57 Å². The van der Waals surface area contributed by atoms with Crippen LogP contribution in [0.3, 0.4) is 0 Å². The molecule has 1 aliphatic heterocycles. The number of carbonyl (C=O) groups excluding carboxylic acids is 1. The summed E-state index contributed by atoms with van der Waals surface area (Å²) in [7, 11) is 0. The number of nitrogens with zero attached hydrogens (tertiary/aromatic N) is 3. The number of amides is 2. The van der Waals surface area contributed by atoms with E-state index >= 15 is 0 Å². The van der Waals surface area contributed by atoms with Crippen LogP contribution >= 0.6 is 0 Å². The Morgan fingerprint density at radius 3 is 2.62 bits per heavy atom. The number of aromatic hydroxyl groups is 1. The van der Waals surface area contributed by atoms with Crippen LogP contribution in [0.25, 0.3) is 11.3 Å². The molecule has 4 rings (SSSR count). The van der Waals surface area contributed by atoms with Crippen LogP contribution < -0.4 is 5.32 Å². The monoisotopic (exact) mass is 388 g/mol. The van der Waals surface area contributed by atoms with Gasteiger partial charge in [0.05, 0.1) is 11.7 Å². The highest BCUT2D eigenvalue weighted by Crippen LogP contribution is 2.25. The largest absolute Gasteiger partial charge is 0.508 e. The van der Waals surface area contributed by atoms with Crippen LogP contribution in [0.5, 0.6) is 5.75 Å². The summed E-state index contributed by atoms with van der Waals surface area (Å²) in [4.78, 5) is 14.6. The van der Waals surface area contributed by atoms with E-state index in [-0.39, 0.29) is 17.8 Å². The summed E-state index contributed by atoms with van der Waals surface area (Å²) in [5.74, 6) is 0.260. The second-order valence-electron chi connectivity index (χ2n) is 7.15. The Balaban J connectivity index is 1.42. The summed E-state index contributed by atoms with van der Waals surface area (Å²) >= 11 is 0. The Morgan fingerprint density at radius 1 is 1.14 bits per heavy atom. The normalized spacial score (nSPS) is 14.9. The third kappa shape index (κ3) is 4.16. The molecule has 2 heterocycles. The van der Waals surface area contributed by atoms with Crippen LogP contribution in [0.2, 0.25) is 0 Å². The van der Waals surface area contributed by atoms with Gasteiger partial charge in [-0.3, -0.25) is 0 Å². The van der Waals surface area contributed by atoms with Crippen LogP contribution in [-0.2, 0) is 0 Å². The number of phenolic OH excluding ortho intramolecular Hbond substituents is 1. The lowest BCUT2D eigenvalue weighted by Crippen LogP contribution is -2.43. The summed E-state index contributed by atoms with van der Waals surface area (Å²) in [6.07, 6.45) is 6.51. The van der Waals surface area contributed by atoms with Gasteiger partial charge in [0, 0.05) is 25.5 Å². The molecular formula is C23H24N4O2. The molecule has 0 aliphatic carbocycles. The summed E-state index contributed by atoms with van der Waals surface area (Å²) < 4.78 is 1.81. The van der Waals surface area contributed by atoms with E-state index in [9.17, 15) is 9.90 Å². The number of rotatable bonds is 4. The Morgan fingerprint density at radius 2 is 1.93 bits per heavy atom. The summed E-state index contributed by atoms with van der Waals surface area (Å²) in [5.41, 5.74) is 4.26. The molecule has 2 amide bonds. The van der Waals surface area contributed by atoms with Gasteiger partial charge in [-0.15, -0.1) is 0 Å². The minimum absolute atomic E-state index is 0.0752. The SMILES string of the molecule is CC(NC(=O)N1CC=C(c2ccc(O)cc2)CC1)c1ccccc1-n1cccn1. The number of urea groups is 1. The van der Waals surface area contributed by atoms with Crippen molar-refractivity contribution in [2.45, 2.75) is 19.4 Å². The molecule has 2 aromatic carbocycles. The zero-order valence-electron chi connectivity index (χ0n) is 16.3. The molecule has 0 radical (unpaired) electrons. The lowest BCUT2D eigenvalue weighted by Gasteiger charge is -2.29. The number of para-hydroxylation sites is 1. The third-order valence-corrected chi connectivity index (χ3v) is 5.23. The van der Waals surface area contributed by atoms with Crippen molar-refractivity contribution in [3.63, 3.8) is 0 Å². The fourth-order valence-electron chi connectivity index (χ4n) is 3.62. The van der Waals surface area contributed by atoms with E-state index in [0.29, 0.717) is 13.1 Å². The van der Waals surface area contributed by atoms with Gasteiger partial charge >= 0.3 is 6.03 Å². The lowest BCUT2D eigenvalue weighted by molar-refractivity contribution is 0.199. The quantitative estimate of drug-likeness (QED) is 0.706. The molecule has 6 heteroatoms. The van der Waals surface area contributed by atoms with Crippen molar-refractivity contribution in [3.8, 4) is 11.4 Å². The highest BCUT2D eigenvalue weighted by molar-refractivity contribution is 5.77. The molecule has 1 aromatic heterocycles. The first-order valence-electron chi connectivity index (χ1n) is 9.74. The Labute approximate surface area is 170 Å². The molecule has 0 saturated heterocycles. The van der Waals surface area contributed by atoms with Gasteiger partial charge in [-0.05, 0) is 54.3 Å². The Hall–Kier alpha value is -3.54. The average molecular weight is 388 g/mol. The Bertz CT molecular complexity index is 1010. The van der Waals surface area contributed by atoms with E-state index in [1.807, 2.05) is 65.2 Å². The van der Waals surface area contributed by atoms with E-state index in [0.717, 1.165) is 23.2 Å². The van der Waals surface area contributed by atoms with Crippen molar-refractivity contribution in [2.75, 3.05) is 13.1 Å². The van der Waals surface area contributed by atoms with Crippen LogP contribution in [0, 0.1) is 0 Å². The van der Waals surface area contributed by atoms with Crippen LogP contribution in [-0.4, -0.2) is 38.9 Å². The number of carbonyl (C=O) groups is 1. The topological polar surface area (TPSA) is 70.4 Å². The van der Waals surface area contributed by atoms with Gasteiger partial charge in [0.2, 0.25) is 0 Å². The first-order chi connectivity index (χ1) is 14.1. The molecule has 148 valence electrons. The number of aromatic nitrogens is 2. The number of nitrogens with one attached hydrogen (secondary N) is 1. The molecule has 0 bridgehead atoms. The molecule has 6 nitrogen and oxygen atoms in total. The van der Waals surface area contributed by atoms with Crippen LogP contribution in [0.15, 0.2) is 73.1 Å². The third-order valence-electron chi connectivity index (χ3n) is 5.23. The minimum Gasteiger partial charge on any atom is -0.508 e. The van der Waals surface area contributed by atoms with Gasteiger partial charge in [-0.25, -0.2) is 9.48 Å². The standard InChI is InChI=1S/C23H24N4O2/c1-17(21-5-2-3-6-22(21)27-14-4-13-24-27)25-23(29)26-15-11-19(12-16-26)18-7-9-20(28)10-8-18/h2-11,13-14,17,28H,12,15-16H2,1H3,(H,25,29). The molecule has 0 fully saturated rings. The van der Waals surface area contributed by atoms with Crippen molar-refractivity contribution in [2.24, 2.45) is 0 Å². The zero-order valence-corrected chi connectivity index (χ0v) is 16.3. The Kier molecular flexibility index (Phi) is 5.33. The van der Waals surface area contributed by atoms with Crippen molar-refractivity contribution in [3.05, 3.63) is 84.2 Å². The molecule has 0 spiro atoms. The fraction of sp³-hybridized carbons (Fsp3) is 0.217. The maximum Gasteiger partial charge on any atom is 0.318 e. The summed E-state index contributed by atoms with van der Waals surface area (Å²) in [5, 5.41) is 16.9. The highest BCUT2D eigenvalue weighted by Gasteiger charge is 2.21. The van der Waals surface area contributed by atoms with Crippen molar-refractivity contribution < 1.29 is 9.90 Å². The second-order valence-corrected chi connectivity index (χ2v) is 7.15. The first kappa shape index (κ1) is 18.8. The van der Waals surface area contributed by atoms with E-state index < -0.39 is 0 Å². The van der Waals surface area contributed by atoms with Gasteiger partial charge in [0.25, 0.3) is 0 Å². The highest BCUT2D eigenvalue weighted by atomic mass is 16.3. The molecule has 2 N–H and O–H groups in total. The minimum atomic E-state index is -0.148. The predicted molar refractivity (Wildman–Crippen MR) is 113 cm³/mol. The smallest absolute Gasteiger partial charge is 0.318 e. The molecule has 29 heavy (non-hydrogen) atoms. The molecular weight excluding hydrogens is 364 g/mol.